The van der Waals surface area contributed by atoms with Crippen molar-refractivity contribution in [2.45, 2.75) is 19.1 Å². The van der Waals surface area contributed by atoms with Gasteiger partial charge in [-0.3, -0.25) is 4.79 Å². The zero-order valence-electron chi connectivity index (χ0n) is 10.2. The third-order valence-electron chi connectivity index (χ3n) is 2.35. The zero-order chi connectivity index (χ0) is 12.7. The molecule has 1 aromatic rings. The van der Waals surface area contributed by atoms with Gasteiger partial charge in [-0.1, -0.05) is 19.1 Å². The average molecular weight is 254 g/mol. The van der Waals surface area contributed by atoms with Gasteiger partial charge >= 0.3 is 5.97 Å². The number of hydrogen-bond acceptors (Lipinski definition) is 3. The van der Waals surface area contributed by atoms with Gasteiger partial charge in [0.25, 0.3) is 0 Å². The minimum Gasteiger partial charge on any atom is -0.497 e. The molecule has 1 unspecified atom stereocenters. The number of thioether (sulfide) groups is 1. The minimum atomic E-state index is -0.720. The molecule has 1 atom stereocenters. The van der Waals surface area contributed by atoms with Gasteiger partial charge in [-0.2, -0.15) is 11.8 Å². The fourth-order valence-electron chi connectivity index (χ4n) is 1.46. The SMILES string of the molecule is COc1ccc(CSCC(C)CC(=O)O)cc1. The van der Waals surface area contributed by atoms with Crippen LogP contribution >= 0.6 is 11.8 Å². The molecule has 0 aromatic heterocycles. The Bertz CT molecular complexity index is 348. The molecule has 0 saturated heterocycles. The van der Waals surface area contributed by atoms with Crippen molar-refractivity contribution in [3.8, 4) is 5.75 Å². The number of methoxy groups -OCH3 is 1. The molecule has 0 aliphatic carbocycles. The number of rotatable bonds is 7. The number of hydrogen-bond donors (Lipinski definition) is 1. The molecule has 0 aliphatic heterocycles. The van der Waals surface area contributed by atoms with Crippen molar-refractivity contribution in [2.75, 3.05) is 12.9 Å². The highest BCUT2D eigenvalue weighted by molar-refractivity contribution is 7.98. The quantitative estimate of drug-likeness (QED) is 0.812. The molecule has 4 heteroatoms. The molecule has 0 saturated carbocycles. The number of ether oxygens (including phenoxy) is 1. The van der Waals surface area contributed by atoms with Gasteiger partial charge in [-0.25, -0.2) is 0 Å². The van der Waals surface area contributed by atoms with E-state index in [9.17, 15) is 4.79 Å². The molecule has 3 nitrogen and oxygen atoms in total. The predicted molar refractivity (Wildman–Crippen MR) is 70.6 cm³/mol. The maximum Gasteiger partial charge on any atom is 0.303 e. The molecular weight excluding hydrogens is 236 g/mol. The average Bonchev–Trinajstić information content (AvgIpc) is 2.29. The predicted octanol–water partition coefficient (Wildman–Crippen LogP) is 3.04. The fourth-order valence-corrected chi connectivity index (χ4v) is 2.52. The Labute approximate surface area is 106 Å². The van der Waals surface area contributed by atoms with E-state index in [1.165, 1.54) is 5.56 Å². The van der Waals surface area contributed by atoms with Crippen LogP contribution in [-0.4, -0.2) is 23.9 Å². The molecule has 0 fully saturated rings. The van der Waals surface area contributed by atoms with Crippen molar-refractivity contribution < 1.29 is 14.6 Å². The summed E-state index contributed by atoms with van der Waals surface area (Å²) in [6.45, 7) is 1.97. The smallest absolute Gasteiger partial charge is 0.303 e. The van der Waals surface area contributed by atoms with E-state index in [-0.39, 0.29) is 12.3 Å². The standard InChI is InChI=1S/C13H18O3S/c1-10(7-13(14)15)8-17-9-11-3-5-12(16-2)6-4-11/h3-6,10H,7-9H2,1-2H3,(H,14,15). The number of benzene rings is 1. The largest absolute Gasteiger partial charge is 0.497 e. The van der Waals surface area contributed by atoms with Crippen LogP contribution in [0.2, 0.25) is 0 Å². The van der Waals surface area contributed by atoms with Crippen LogP contribution in [-0.2, 0) is 10.5 Å². The summed E-state index contributed by atoms with van der Waals surface area (Å²) in [4.78, 5) is 10.5. The third-order valence-corrected chi connectivity index (χ3v) is 3.70. The topological polar surface area (TPSA) is 46.5 Å². The van der Waals surface area contributed by atoms with Gasteiger partial charge in [-0.05, 0) is 29.4 Å². The van der Waals surface area contributed by atoms with Crippen LogP contribution in [0.1, 0.15) is 18.9 Å². The highest BCUT2D eigenvalue weighted by Gasteiger charge is 2.07. The van der Waals surface area contributed by atoms with E-state index in [0.29, 0.717) is 0 Å². The van der Waals surface area contributed by atoms with E-state index >= 15 is 0 Å². The van der Waals surface area contributed by atoms with E-state index in [2.05, 4.69) is 0 Å². The number of carboxylic acids is 1. The Morgan fingerprint density at radius 1 is 1.41 bits per heavy atom. The van der Waals surface area contributed by atoms with Crippen molar-refractivity contribution >= 4 is 17.7 Å². The van der Waals surface area contributed by atoms with E-state index in [1.54, 1.807) is 18.9 Å². The summed E-state index contributed by atoms with van der Waals surface area (Å²) < 4.78 is 5.08. The fraction of sp³-hybridized carbons (Fsp3) is 0.462. The van der Waals surface area contributed by atoms with Gasteiger partial charge in [0, 0.05) is 12.2 Å². The van der Waals surface area contributed by atoms with Gasteiger partial charge in [0.15, 0.2) is 0 Å². The maximum atomic E-state index is 10.5. The van der Waals surface area contributed by atoms with Crippen LogP contribution in [0.25, 0.3) is 0 Å². The van der Waals surface area contributed by atoms with E-state index in [4.69, 9.17) is 9.84 Å². The molecule has 0 spiro atoms. The van der Waals surface area contributed by atoms with E-state index < -0.39 is 5.97 Å². The Hall–Kier alpha value is -1.16. The summed E-state index contributed by atoms with van der Waals surface area (Å²) in [6, 6.07) is 7.95. The normalized spacial score (nSPS) is 12.1. The number of carboxylic acid groups (broad SMARTS) is 1. The van der Waals surface area contributed by atoms with Crippen LogP contribution < -0.4 is 4.74 Å². The van der Waals surface area contributed by atoms with Crippen LogP contribution in [0, 0.1) is 5.92 Å². The Balaban J connectivity index is 2.28. The first kappa shape index (κ1) is 13.9. The minimum absolute atomic E-state index is 0.218. The molecule has 1 N–H and O–H groups in total. The van der Waals surface area contributed by atoms with Gasteiger partial charge in [-0.15, -0.1) is 0 Å². The zero-order valence-corrected chi connectivity index (χ0v) is 11.0. The summed E-state index contributed by atoms with van der Waals surface area (Å²) in [7, 11) is 1.65. The van der Waals surface area contributed by atoms with E-state index in [1.807, 2.05) is 31.2 Å². The molecular formula is C13H18O3S. The number of carbonyl (C=O) groups is 1. The summed E-state index contributed by atoms with van der Waals surface area (Å²) in [5.41, 5.74) is 1.23. The van der Waals surface area contributed by atoms with Crippen molar-refractivity contribution in [3.63, 3.8) is 0 Å². The monoisotopic (exact) mass is 254 g/mol. The highest BCUT2D eigenvalue weighted by atomic mass is 32.2. The third kappa shape index (κ3) is 5.63. The van der Waals surface area contributed by atoms with Gasteiger partial charge in [0.05, 0.1) is 7.11 Å². The molecule has 0 radical (unpaired) electrons. The second-order valence-corrected chi connectivity index (χ2v) is 5.10. The Morgan fingerprint density at radius 2 is 2.06 bits per heavy atom. The molecule has 0 amide bonds. The lowest BCUT2D eigenvalue weighted by molar-refractivity contribution is -0.137. The first-order chi connectivity index (χ1) is 8.11. The summed E-state index contributed by atoms with van der Waals surface area (Å²) >= 11 is 1.77. The molecule has 0 heterocycles. The summed E-state index contributed by atoms with van der Waals surface area (Å²) in [6.07, 6.45) is 0.246. The molecule has 1 aromatic carbocycles. The van der Waals surface area contributed by atoms with Crippen molar-refractivity contribution in [1.82, 2.24) is 0 Å². The highest BCUT2D eigenvalue weighted by Crippen LogP contribution is 2.19. The van der Waals surface area contributed by atoms with Crippen molar-refractivity contribution in [2.24, 2.45) is 5.92 Å². The summed E-state index contributed by atoms with van der Waals surface area (Å²) in [5, 5.41) is 8.63. The van der Waals surface area contributed by atoms with Crippen LogP contribution in [0.15, 0.2) is 24.3 Å². The number of aliphatic carboxylic acids is 1. The van der Waals surface area contributed by atoms with Crippen molar-refractivity contribution in [3.05, 3.63) is 29.8 Å². The first-order valence-electron chi connectivity index (χ1n) is 5.54. The van der Waals surface area contributed by atoms with Crippen LogP contribution in [0.3, 0.4) is 0 Å². The lowest BCUT2D eigenvalue weighted by atomic mass is 10.1. The van der Waals surface area contributed by atoms with Crippen LogP contribution in [0.4, 0.5) is 0 Å². The molecule has 0 bridgehead atoms. The second-order valence-electron chi connectivity index (χ2n) is 4.07. The van der Waals surface area contributed by atoms with Gasteiger partial charge in [0.2, 0.25) is 0 Å². The first-order valence-corrected chi connectivity index (χ1v) is 6.69. The lowest BCUT2D eigenvalue weighted by Crippen LogP contribution is -2.06. The molecule has 94 valence electrons. The molecule has 1 rings (SSSR count). The second kappa shape index (κ2) is 7.22. The maximum absolute atomic E-state index is 10.5. The Morgan fingerprint density at radius 3 is 2.59 bits per heavy atom. The van der Waals surface area contributed by atoms with E-state index in [0.717, 1.165) is 17.3 Å². The van der Waals surface area contributed by atoms with Gasteiger partial charge in [0.1, 0.15) is 5.75 Å². The lowest BCUT2D eigenvalue weighted by Gasteiger charge is -2.08. The molecule has 0 aliphatic rings. The Kier molecular flexibility index (Phi) is 5.91. The molecule has 17 heavy (non-hydrogen) atoms. The van der Waals surface area contributed by atoms with Gasteiger partial charge < -0.3 is 9.84 Å². The van der Waals surface area contributed by atoms with Crippen molar-refractivity contribution in [1.29, 1.82) is 0 Å². The van der Waals surface area contributed by atoms with Crippen LogP contribution in [0.5, 0.6) is 5.75 Å². The summed E-state index contributed by atoms with van der Waals surface area (Å²) in [5.74, 6) is 2.14.